The second-order valence-corrected chi connectivity index (χ2v) is 5.63. The molecule has 0 saturated carbocycles. The van der Waals surface area contributed by atoms with Gasteiger partial charge in [-0.2, -0.15) is 0 Å². The smallest absolute Gasteiger partial charge is 0.270 e. The molecule has 0 amide bonds. The molecule has 21 heavy (non-hydrogen) atoms. The minimum atomic E-state index is -0.408. The van der Waals surface area contributed by atoms with Gasteiger partial charge in [-0.1, -0.05) is 0 Å². The molecule has 6 nitrogen and oxygen atoms in total. The highest BCUT2D eigenvalue weighted by Crippen LogP contribution is 2.32. The van der Waals surface area contributed by atoms with Crippen molar-refractivity contribution >= 4 is 22.3 Å². The number of hydrogen-bond acceptors (Lipinski definition) is 5. The van der Waals surface area contributed by atoms with Gasteiger partial charge in [0, 0.05) is 48.6 Å². The zero-order valence-electron chi connectivity index (χ0n) is 12.4. The fraction of sp³-hybridized carbons (Fsp3) is 0.400. The van der Waals surface area contributed by atoms with Gasteiger partial charge in [-0.25, -0.2) is 0 Å². The van der Waals surface area contributed by atoms with E-state index in [1.807, 2.05) is 31.9 Å². The second kappa shape index (κ2) is 5.65. The third-order valence-corrected chi connectivity index (χ3v) is 3.91. The molecule has 0 fully saturated rings. The van der Waals surface area contributed by atoms with Crippen molar-refractivity contribution in [3.05, 3.63) is 40.6 Å². The van der Waals surface area contributed by atoms with E-state index in [1.54, 1.807) is 18.3 Å². The quantitative estimate of drug-likeness (QED) is 0.676. The first-order valence-electron chi connectivity index (χ1n) is 6.74. The number of rotatable bonds is 5. The topological polar surface area (TPSA) is 79.5 Å². The van der Waals surface area contributed by atoms with E-state index in [9.17, 15) is 15.2 Å². The summed E-state index contributed by atoms with van der Waals surface area (Å²) in [4.78, 5) is 16.8. The van der Waals surface area contributed by atoms with Crippen molar-refractivity contribution in [3.8, 4) is 0 Å². The van der Waals surface area contributed by atoms with E-state index in [-0.39, 0.29) is 17.8 Å². The molecule has 0 atom stereocenters. The predicted octanol–water partition coefficient (Wildman–Crippen LogP) is 2.74. The maximum atomic E-state index is 11.0. The van der Waals surface area contributed by atoms with E-state index >= 15 is 0 Å². The van der Waals surface area contributed by atoms with Gasteiger partial charge in [0.2, 0.25) is 0 Å². The summed E-state index contributed by atoms with van der Waals surface area (Å²) in [5.74, 6) is 0. The summed E-state index contributed by atoms with van der Waals surface area (Å²) < 4.78 is 0. The number of non-ortho nitro benzene ring substituents is 1. The summed E-state index contributed by atoms with van der Waals surface area (Å²) in [6.07, 6.45) is 2.29. The first kappa shape index (κ1) is 15.2. The number of aromatic nitrogens is 1. The number of nitro benzene ring substituents is 1. The summed E-state index contributed by atoms with van der Waals surface area (Å²) in [6.45, 7) is 4.13. The Kier molecular flexibility index (Phi) is 4.09. The molecule has 1 aromatic heterocycles. The molecule has 2 rings (SSSR count). The van der Waals surface area contributed by atoms with Crippen LogP contribution in [0.1, 0.15) is 20.3 Å². The molecule has 0 saturated heterocycles. The Morgan fingerprint density at radius 2 is 2.10 bits per heavy atom. The van der Waals surface area contributed by atoms with Crippen LogP contribution in [0, 0.1) is 10.1 Å². The van der Waals surface area contributed by atoms with E-state index in [1.165, 1.54) is 6.07 Å². The number of hydrogen-bond donors (Lipinski definition) is 1. The van der Waals surface area contributed by atoms with Crippen molar-refractivity contribution in [3.63, 3.8) is 0 Å². The first-order chi connectivity index (χ1) is 9.86. The number of anilines is 1. The molecule has 0 radical (unpaired) electrons. The number of nitrogens with zero attached hydrogens (tertiary/aromatic N) is 3. The SMILES string of the molecule is CN(c1ccnc2ccc([N+](=O)[O-])cc12)C(C)(C)CCO. The summed E-state index contributed by atoms with van der Waals surface area (Å²) in [6, 6.07) is 6.50. The van der Waals surface area contributed by atoms with E-state index in [2.05, 4.69) is 4.98 Å². The molecule has 1 N–H and O–H groups in total. The van der Waals surface area contributed by atoms with Crippen LogP contribution in [0.4, 0.5) is 11.4 Å². The van der Waals surface area contributed by atoms with Gasteiger partial charge in [0.1, 0.15) is 0 Å². The molecule has 0 aliphatic carbocycles. The van der Waals surface area contributed by atoms with Crippen LogP contribution in [0.25, 0.3) is 10.9 Å². The van der Waals surface area contributed by atoms with E-state index in [4.69, 9.17) is 0 Å². The van der Waals surface area contributed by atoms with Gasteiger partial charge in [0.25, 0.3) is 5.69 Å². The van der Waals surface area contributed by atoms with E-state index < -0.39 is 4.92 Å². The first-order valence-corrected chi connectivity index (χ1v) is 6.74. The summed E-state index contributed by atoms with van der Waals surface area (Å²) in [5.41, 5.74) is 1.35. The van der Waals surface area contributed by atoms with E-state index in [0.717, 1.165) is 11.1 Å². The summed E-state index contributed by atoms with van der Waals surface area (Å²) in [7, 11) is 1.92. The van der Waals surface area contributed by atoms with Gasteiger partial charge >= 0.3 is 0 Å². The minimum Gasteiger partial charge on any atom is -0.396 e. The van der Waals surface area contributed by atoms with Crippen molar-refractivity contribution in [2.24, 2.45) is 0 Å². The van der Waals surface area contributed by atoms with Gasteiger partial charge in [0.05, 0.1) is 10.4 Å². The van der Waals surface area contributed by atoms with Gasteiger partial charge in [-0.05, 0) is 32.4 Å². The number of nitro groups is 1. The normalized spacial score (nSPS) is 11.6. The number of aliphatic hydroxyl groups is 1. The maximum Gasteiger partial charge on any atom is 0.270 e. The summed E-state index contributed by atoms with van der Waals surface area (Å²) >= 11 is 0. The average molecular weight is 289 g/mol. The molecule has 0 spiro atoms. The van der Waals surface area contributed by atoms with Gasteiger partial charge in [-0.15, -0.1) is 0 Å². The number of pyridine rings is 1. The van der Waals surface area contributed by atoms with Crippen LogP contribution >= 0.6 is 0 Å². The van der Waals surface area contributed by atoms with Crippen LogP contribution in [0.5, 0.6) is 0 Å². The number of fused-ring (bicyclic) bond motifs is 1. The Morgan fingerprint density at radius 1 is 1.38 bits per heavy atom. The third kappa shape index (κ3) is 2.95. The fourth-order valence-corrected chi connectivity index (χ4v) is 2.29. The van der Waals surface area contributed by atoms with Crippen LogP contribution in [0.2, 0.25) is 0 Å². The predicted molar refractivity (Wildman–Crippen MR) is 82.6 cm³/mol. The molecule has 0 unspecified atom stereocenters. The van der Waals surface area contributed by atoms with Crippen molar-refractivity contribution in [2.75, 3.05) is 18.6 Å². The largest absolute Gasteiger partial charge is 0.396 e. The Morgan fingerprint density at radius 3 is 2.71 bits per heavy atom. The molecule has 112 valence electrons. The maximum absolute atomic E-state index is 11.0. The van der Waals surface area contributed by atoms with Crippen LogP contribution in [0.15, 0.2) is 30.5 Å². The highest BCUT2D eigenvalue weighted by molar-refractivity contribution is 5.93. The molecular weight excluding hydrogens is 270 g/mol. The fourth-order valence-electron chi connectivity index (χ4n) is 2.29. The van der Waals surface area contributed by atoms with Gasteiger partial charge < -0.3 is 10.0 Å². The van der Waals surface area contributed by atoms with Gasteiger partial charge in [0.15, 0.2) is 0 Å². The lowest BCUT2D eigenvalue weighted by Gasteiger charge is -2.37. The highest BCUT2D eigenvalue weighted by Gasteiger charge is 2.25. The molecule has 2 aromatic rings. The Bertz CT molecular complexity index is 670. The Labute approximate surface area is 123 Å². The lowest BCUT2D eigenvalue weighted by atomic mass is 9.97. The molecule has 1 heterocycles. The Hall–Kier alpha value is -2.21. The minimum absolute atomic E-state index is 0.0464. The highest BCUT2D eigenvalue weighted by atomic mass is 16.6. The van der Waals surface area contributed by atoms with Crippen LogP contribution < -0.4 is 4.90 Å². The monoisotopic (exact) mass is 289 g/mol. The Balaban J connectivity index is 2.57. The number of aliphatic hydroxyl groups excluding tert-OH is 1. The molecule has 0 aliphatic rings. The average Bonchev–Trinajstić information content (AvgIpc) is 2.45. The van der Waals surface area contributed by atoms with Crippen molar-refractivity contribution in [1.82, 2.24) is 4.98 Å². The van der Waals surface area contributed by atoms with Gasteiger partial charge in [-0.3, -0.25) is 15.1 Å². The molecule has 0 aliphatic heterocycles. The molecule has 6 heteroatoms. The lowest BCUT2D eigenvalue weighted by molar-refractivity contribution is -0.384. The molecule has 1 aromatic carbocycles. The summed E-state index contributed by atoms with van der Waals surface area (Å²) in [5, 5.41) is 20.9. The third-order valence-electron chi connectivity index (χ3n) is 3.91. The van der Waals surface area contributed by atoms with Crippen molar-refractivity contribution in [1.29, 1.82) is 0 Å². The van der Waals surface area contributed by atoms with Crippen LogP contribution in [-0.4, -0.2) is 34.2 Å². The molecular formula is C15H19N3O3. The number of benzene rings is 1. The lowest BCUT2D eigenvalue weighted by Crippen LogP contribution is -2.42. The van der Waals surface area contributed by atoms with Crippen LogP contribution in [0.3, 0.4) is 0 Å². The van der Waals surface area contributed by atoms with Crippen molar-refractivity contribution < 1.29 is 10.0 Å². The second-order valence-electron chi connectivity index (χ2n) is 5.63. The molecule has 0 bridgehead atoms. The van der Waals surface area contributed by atoms with E-state index in [0.29, 0.717) is 11.9 Å². The zero-order valence-corrected chi connectivity index (χ0v) is 12.4. The zero-order chi connectivity index (χ0) is 15.6. The van der Waals surface area contributed by atoms with Crippen molar-refractivity contribution in [2.45, 2.75) is 25.8 Å². The standard InChI is InChI=1S/C15H19N3O3/c1-15(2,7-9-19)17(3)14-6-8-16-13-5-4-11(18(20)21)10-12(13)14/h4-6,8,10,19H,7,9H2,1-3H3. The van der Waals surface area contributed by atoms with Crippen LogP contribution in [-0.2, 0) is 0 Å².